The standard InChI is InChI=1S/C19H19NO6/c1-10-13(17(21)24-3)14(18(22)25-4)11(2)16-15(10)20(19(23)26-16)12-8-6-5-7-9-12/h5-11H,1-4H3. The van der Waals surface area contributed by atoms with Crippen molar-refractivity contribution in [1.29, 1.82) is 0 Å². The summed E-state index contributed by atoms with van der Waals surface area (Å²) in [4.78, 5) is 37.3. The molecule has 0 radical (unpaired) electrons. The number of rotatable bonds is 3. The number of nitrogens with zero attached hydrogens (tertiary/aromatic N) is 1. The van der Waals surface area contributed by atoms with Gasteiger partial charge in [-0.3, -0.25) is 0 Å². The van der Waals surface area contributed by atoms with E-state index in [0.717, 1.165) is 0 Å². The molecular weight excluding hydrogens is 338 g/mol. The highest BCUT2D eigenvalue weighted by Gasteiger charge is 2.42. The quantitative estimate of drug-likeness (QED) is 0.783. The second-order valence-electron chi connectivity index (χ2n) is 6.04. The summed E-state index contributed by atoms with van der Waals surface area (Å²) in [7, 11) is 2.49. The molecule has 0 spiro atoms. The Morgan fingerprint density at radius 3 is 2.04 bits per heavy atom. The summed E-state index contributed by atoms with van der Waals surface area (Å²) in [5.41, 5.74) is 1.46. The first-order valence-corrected chi connectivity index (χ1v) is 8.14. The van der Waals surface area contributed by atoms with Crippen molar-refractivity contribution in [2.45, 2.75) is 25.7 Å². The first-order valence-electron chi connectivity index (χ1n) is 8.14. The molecule has 0 saturated heterocycles. The van der Waals surface area contributed by atoms with Crippen LogP contribution in [0.1, 0.15) is 37.1 Å². The minimum absolute atomic E-state index is 0.147. The van der Waals surface area contributed by atoms with Crippen LogP contribution in [0.25, 0.3) is 5.69 Å². The third-order valence-electron chi connectivity index (χ3n) is 4.66. The van der Waals surface area contributed by atoms with E-state index < -0.39 is 29.5 Å². The van der Waals surface area contributed by atoms with Gasteiger partial charge in [0.25, 0.3) is 0 Å². The van der Waals surface area contributed by atoms with Crippen LogP contribution in [0.4, 0.5) is 0 Å². The molecule has 0 N–H and O–H groups in total. The topological polar surface area (TPSA) is 87.7 Å². The summed E-state index contributed by atoms with van der Waals surface area (Å²) in [5.74, 6) is -2.72. The van der Waals surface area contributed by atoms with E-state index in [4.69, 9.17) is 13.9 Å². The predicted octanol–water partition coefficient (Wildman–Crippen LogP) is 2.29. The fraction of sp³-hybridized carbons (Fsp3) is 0.316. The van der Waals surface area contributed by atoms with Gasteiger partial charge in [-0.15, -0.1) is 0 Å². The molecule has 0 bridgehead atoms. The monoisotopic (exact) mass is 357 g/mol. The van der Waals surface area contributed by atoms with Gasteiger partial charge in [0.15, 0.2) is 0 Å². The van der Waals surface area contributed by atoms with Crippen molar-refractivity contribution in [2.75, 3.05) is 14.2 Å². The van der Waals surface area contributed by atoms with Crippen molar-refractivity contribution >= 4 is 11.9 Å². The van der Waals surface area contributed by atoms with Crippen LogP contribution in [0, 0.1) is 0 Å². The number of ether oxygens (including phenoxy) is 2. The molecule has 26 heavy (non-hydrogen) atoms. The van der Waals surface area contributed by atoms with E-state index in [1.807, 2.05) is 6.07 Å². The number of oxazole rings is 1. The van der Waals surface area contributed by atoms with Crippen molar-refractivity contribution < 1.29 is 23.5 Å². The molecule has 7 heteroatoms. The van der Waals surface area contributed by atoms with Crippen molar-refractivity contribution in [2.24, 2.45) is 0 Å². The van der Waals surface area contributed by atoms with Gasteiger partial charge in [0.05, 0.1) is 36.7 Å². The lowest BCUT2D eigenvalue weighted by Crippen LogP contribution is -2.28. The lowest BCUT2D eigenvalue weighted by Gasteiger charge is -2.27. The number of carbonyl (C=O) groups excluding carboxylic acids is 2. The zero-order valence-electron chi connectivity index (χ0n) is 14.9. The molecule has 3 rings (SSSR count). The van der Waals surface area contributed by atoms with Crippen LogP contribution in [-0.2, 0) is 19.1 Å². The number of aromatic nitrogens is 1. The second-order valence-corrected chi connectivity index (χ2v) is 6.04. The van der Waals surface area contributed by atoms with Gasteiger partial charge in [0.1, 0.15) is 5.76 Å². The van der Waals surface area contributed by atoms with Gasteiger partial charge < -0.3 is 13.9 Å². The Bertz CT molecular complexity index is 950. The molecule has 0 amide bonds. The molecule has 1 heterocycles. The van der Waals surface area contributed by atoms with Gasteiger partial charge in [-0.05, 0) is 12.1 Å². The average Bonchev–Trinajstić information content (AvgIpc) is 3.01. The second kappa shape index (κ2) is 6.67. The van der Waals surface area contributed by atoms with Gasteiger partial charge in [0, 0.05) is 11.8 Å². The van der Waals surface area contributed by atoms with E-state index >= 15 is 0 Å². The van der Waals surface area contributed by atoms with E-state index in [0.29, 0.717) is 17.1 Å². The minimum Gasteiger partial charge on any atom is -0.466 e. The molecule has 1 aromatic heterocycles. The summed E-state index contributed by atoms with van der Waals surface area (Å²) in [6, 6.07) is 8.98. The number of benzene rings is 1. The molecule has 0 fully saturated rings. The third kappa shape index (κ3) is 2.56. The Hall–Kier alpha value is -3.09. The highest BCUT2D eigenvalue weighted by Crippen LogP contribution is 2.43. The summed E-state index contributed by atoms with van der Waals surface area (Å²) in [6.07, 6.45) is 0. The number of para-hydroxylation sites is 1. The molecular formula is C19H19NO6. The van der Waals surface area contributed by atoms with Gasteiger partial charge in [-0.1, -0.05) is 32.0 Å². The maximum Gasteiger partial charge on any atom is 0.424 e. The third-order valence-corrected chi connectivity index (χ3v) is 4.66. The van der Waals surface area contributed by atoms with Crippen LogP contribution in [-0.4, -0.2) is 30.7 Å². The Morgan fingerprint density at radius 1 is 0.962 bits per heavy atom. The normalized spacial score (nSPS) is 19.1. The van der Waals surface area contributed by atoms with E-state index in [1.54, 1.807) is 38.1 Å². The molecule has 2 aromatic rings. The zero-order chi connectivity index (χ0) is 19.0. The molecule has 1 aliphatic rings. The van der Waals surface area contributed by atoms with Crippen LogP contribution >= 0.6 is 0 Å². The highest BCUT2D eigenvalue weighted by atomic mass is 16.5. The Labute approximate surface area is 149 Å². The van der Waals surface area contributed by atoms with Crippen LogP contribution in [0.3, 0.4) is 0 Å². The molecule has 2 unspecified atom stereocenters. The number of hydrogen-bond acceptors (Lipinski definition) is 6. The van der Waals surface area contributed by atoms with Gasteiger partial charge >= 0.3 is 17.7 Å². The van der Waals surface area contributed by atoms with Crippen LogP contribution in [0.2, 0.25) is 0 Å². The lowest BCUT2D eigenvalue weighted by molar-refractivity contribution is -0.140. The molecule has 136 valence electrons. The smallest absolute Gasteiger partial charge is 0.424 e. The number of esters is 2. The number of carbonyl (C=O) groups is 2. The average molecular weight is 357 g/mol. The fourth-order valence-electron chi connectivity index (χ4n) is 3.47. The SMILES string of the molecule is COC(=O)C1=C(C(=O)OC)C(C)c2c(oc(=O)n2-c2ccccc2)C1C. The Morgan fingerprint density at radius 2 is 1.50 bits per heavy atom. The lowest BCUT2D eigenvalue weighted by atomic mass is 9.78. The van der Waals surface area contributed by atoms with E-state index in [1.165, 1.54) is 18.8 Å². The van der Waals surface area contributed by atoms with Crippen molar-refractivity contribution in [3.63, 3.8) is 0 Å². The number of fused-ring (bicyclic) bond motifs is 1. The van der Waals surface area contributed by atoms with Gasteiger partial charge in [-0.25, -0.2) is 19.0 Å². The summed E-state index contributed by atoms with van der Waals surface area (Å²) in [6.45, 7) is 3.42. The summed E-state index contributed by atoms with van der Waals surface area (Å²) >= 11 is 0. The van der Waals surface area contributed by atoms with Crippen molar-refractivity contribution in [3.8, 4) is 5.69 Å². The molecule has 1 aromatic carbocycles. The summed E-state index contributed by atoms with van der Waals surface area (Å²) in [5, 5.41) is 0. The Balaban J connectivity index is 2.30. The highest BCUT2D eigenvalue weighted by molar-refractivity contribution is 6.03. The molecule has 7 nitrogen and oxygen atoms in total. The molecule has 2 atom stereocenters. The zero-order valence-corrected chi connectivity index (χ0v) is 14.9. The van der Waals surface area contributed by atoms with Crippen molar-refractivity contribution in [1.82, 2.24) is 4.57 Å². The summed E-state index contributed by atoms with van der Waals surface area (Å²) < 4.78 is 16.6. The first kappa shape index (κ1) is 17.7. The maximum absolute atomic E-state index is 12.5. The first-order chi connectivity index (χ1) is 12.4. The van der Waals surface area contributed by atoms with Crippen LogP contribution < -0.4 is 5.76 Å². The van der Waals surface area contributed by atoms with Crippen molar-refractivity contribution in [3.05, 3.63) is 63.5 Å². The number of methoxy groups -OCH3 is 2. The number of hydrogen-bond donors (Lipinski definition) is 0. The predicted molar refractivity (Wildman–Crippen MR) is 92.2 cm³/mol. The molecule has 0 saturated carbocycles. The van der Waals surface area contributed by atoms with Crippen LogP contribution in [0.15, 0.2) is 50.7 Å². The minimum atomic E-state index is -0.648. The van der Waals surface area contributed by atoms with E-state index in [-0.39, 0.29) is 11.1 Å². The largest absolute Gasteiger partial charge is 0.466 e. The van der Waals surface area contributed by atoms with E-state index in [9.17, 15) is 14.4 Å². The van der Waals surface area contributed by atoms with E-state index in [2.05, 4.69) is 0 Å². The molecule has 1 aliphatic carbocycles. The van der Waals surface area contributed by atoms with Gasteiger partial charge in [-0.2, -0.15) is 0 Å². The fourth-order valence-corrected chi connectivity index (χ4v) is 3.47. The maximum atomic E-state index is 12.5. The van der Waals surface area contributed by atoms with Crippen LogP contribution in [0.5, 0.6) is 0 Å². The Kier molecular flexibility index (Phi) is 4.54. The molecule has 0 aliphatic heterocycles. The van der Waals surface area contributed by atoms with Gasteiger partial charge in [0.2, 0.25) is 0 Å².